The lowest BCUT2D eigenvalue weighted by molar-refractivity contribution is 0.0507. The summed E-state index contributed by atoms with van der Waals surface area (Å²) >= 11 is 0. The highest BCUT2D eigenvalue weighted by Crippen LogP contribution is 2.32. The molecule has 11 heavy (non-hydrogen) atoms. The lowest BCUT2D eigenvalue weighted by Crippen LogP contribution is -2.18. The summed E-state index contributed by atoms with van der Waals surface area (Å²) in [4.78, 5) is 0. The van der Waals surface area contributed by atoms with Crippen molar-refractivity contribution >= 4 is 0 Å². The van der Waals surface area contributed by atoms with E-state index in [1.54, 1.807) is 0 Å². The smallest absolute Gasteiger partial charge is 0.210 e. The Bertz CT molecular complexity index is 124. The molecule has 0 radical (unpaired) electrons. The fourth-order valence-electron chi connectivity index (χ4n) is 1.63. The lowest BCUT2D eigenvalue weighted by Gasteiger charge is -2.25. The maximum atomic E-state index is 12.1. The van der Waals surface area contributed by atoms with E-state index in [4.69, 9.17) is 0 Å². The zero-order valence-corrected chi connectivity index (χ0v) is 6.60. The highest BCUT2D eigenvalue weighted by atomic mass is 19.3. The van der Waals surface area contributed by atoms with Gasteiger partial charge in [-0.15, -0.1) is 6.58 Å². The van der Waals surface area contributed by atoms with Crippen LogP contribution in [0.4, 0.5) is 8.78 Å². The van der Waals surface area contributed by atoms with E-state index in [1.165, 1.54) is 0 Å². The van der Waals surface area contributed by atoms with Gasteiger partial charge in [0.05, 0.1) is 0 Å². The monoisotopic (exact) mass is 160 g/mol. The van der Waals surface area contributed by atoms with Crippen LogP contribution in [-0.4, -0.2) is 6.43 Å². The molecule has 0 saturated heterocycles. The zero-order valence-electron chi connectivity index (χ0n) is 6.60. The van der Waals surface area contributed by atoms with Gasteiger partial charge < -0.3 is 0 Å². The maximum Gasteiger partial charge on any atom is 0.241 e. The van der Waals surface area contributed by atoms with Crippen LogP contribution in [0.3, 0.4) is 0 Å². The van der Waals surface area contributed by atoms with Gasteiger partial charge in [-0.25, -0.2) is 8.78 Å². The molecule has 0 N–H and O–H groups in total. The van der Waals surface area contributed by atoms with Gasteiger partial charge in [0.1, 0.15) is 0 Å². The highest BCUT2D eigenvalue weighted by Gasteiger charge is 2.25. The normalized spacial score (nSPS) is 32.3. The zero-order chi connectivity index (χ0) is 8.27. The highest BCUT2D eigenvalue weighted by molar-refractivity contribution is 4.84. The van der Waals surface area contributed by atoms with Gasteiger partial charge in [-0.05, 0) is 31.6 Å². The minimum atomic E-state index is -2.11. The van der Waals surface area contributed by atoms with Crippen LogP contribution in [0.25, 0.3) is 0 Å². The number of alkyl halides is 2. The van der Waals surface area contributed by atoms with Crippen LogP contribution in [0, 0.1) is 11.8 Å². The Labute approximate surface area is 66.3 Å². The molecule has 64 valence electrons. The summed E-state index contributed by atoms with van der Waals surface area (Å²) in [5.41, 5.74) is 0. The molecule has 0 atom stereocenters. The molecule has 0 spiro atoms. The number of hydrogen-bond acceptors (Lipinski definition) is 0. The fraction of sp³-hybridized carbons (Fsp3) is 0.778. The first-order valence-electron chi connectivity index (χ1n) is 4.14. The summed E-state index contributed by atoms with van der Waals surface area (Å²) in [7, 11) is 0. The van der Waals surface area contributed by atoms with E-state index in [2.05, 4.69) is 6.58 Å². The number of rotatable bonds is 2. The van der Waals surface area contributed by atoms with E-state index in [0.29, 0.717) is 18.8 Å². The Morgan fingerprint density at radius 1 is 1.18 bits per heavy atom. The third-order valence-electron chi connectivity index (χ3n) is 2.51. The van der Waals surface area contributed by atoms with Crippen LogP contribution in [0.1, 0.15) is 25.7 Å². The molecule has 0 unspecified atom stereocenters. The van der Waals surface area contributed by atoms with Gasteiger partial charge in [-0.3, -0.25) is 0 Å². The van der Waals surface area contributed by atoms with E-state index >= 15 is 0 Å². The molecule has 0 aromatic heterocycles. The Hall–Kier alpha value is -0.400. The van der Waals surface area contributed by atoms with Gasteiger partial charge >= 0.3 is 0 Å². The third kappa shape index (κ3) is 2.28. The van der Waals surface area contributed by atoms with E-state index in [0.717, 1.165) is 12.8 Å². The van der Waals surface area contributed by atoms with Crippen LogP contribution in [0.5, 0.6) is 0 Å². The lowest BCUT2D eigenvalue weighted by atomic mass is 9.82. The van der Waals surface area contributed by atoms with E-state index in [1.807, 2.05) is 6.08 Å². The van der Waals surface area contributed by atoms with Gasteiger partial charge in [0, 0.05) is 5.92 Å². The standard InChI is InChI=1S/C9H14F2/c1-2-7-3-5-8(6-4-7)9(10)11/h2,7-9H,1,3-6H2. The summed E-state index contributed by atoms with van der Waals surface area (Å²) in [6, 6.07) is 0. The molecule has 0 aromatic carbocycles. The van der Waals surface area contributed by atoms with Gasteiger partial charge in [0.15, 0.2) is 0 Å². The van der Waals surface area contributed by atoms with E-state index in [-0.39, 0.29) is 5.92 Å². The topological polar surface area (TPSA) is 0 Å². The second-order valence-electron chi connectivity index (χ2n) is 3.25. The summed E-state index contributed by atoms with van der Waals surface area (Å²) in [6.07, 6.45) is 2.93. The molecule has 0 bridgehead atoms. The fourth-order valence-corrected chi connectivity index (χ4v) is 1.63. The van der Waals surface area contributed by atoms with E-state index < -0.39 is 6.43 Å². The number of allylic oxidation sites excluding steroid dienone is 1. The molecule has 1 fully saturated rings. The van der Waals surface area contributed by atoms with Crippen molar-refractivity contribution < 1.29 is 8.78 Å². The minimum absolute atomic E-state index is 0.341. The molecule has 0 heterocycles. The Morgan fingerprint density at radius 3 is 2.09 bits per heavy atom. The average Bonchev–Trinajstić information content (AvgIpc) is 2.05. The summed E-state index contributed by atoms with van der Waals surface area (Å²) in [6.45, 7) is 3.67. The number of hydrogen-bond donors (Lipinski definition) is 0. The van der Waals surface area contributed by atoms with Crippen molar-refractivity contribution in [2.24, 2.45) is 11.8 Å². The van der Waals surface area contributed by atoms with Crippen LogP contribution in [0.15, 0.2) is 12.7 Å². The first-order chi connectivity index (χ1) is 5.24. The molecule has 1 aliphatic carbocycles. The van der Waals surface area contributed by atoms with Crippen molar-refractivity contribution in [3.8, 4) is 0 Å². The van der Waals surface area contributed by atoms with Crippen molar-refractivity contribution in [1.29, 1.82) is 0 Å². The summed E-state index contributed by atoms with van der Waals surface area (Å²) < 4.78 is 24.3. The molecule has 0 aromatic rings. The maximum absolute atomic E-state index is 12.1. The van der Waals surface area contributed by atoms with Crippen molar-refractivity contribution in [3.63, 3.8) is 0 Å². The Balaban J connectivity index is 2.29. The van der Waals surface area contributed by atoms with Crippen LogP contribution < -0.4 is 0 Å². The first-order valence-corrected chi connectivity index (χ1v) is 4.14. The van der Waals surface area contributed by atoms with Crippen molar-refractivity contribution in [3.05, 3.63) is 12.7 Å². The number of halogens is 2. The molecule has 0 amide bonds. The molecule has 0 nitrogen and oxygen atoms in total. The molecular weight excluding hydrogens is 146 g/mol. The first kappa shape index (κ1) is 8.69. The van der Waals surface area contributed by atoms with Gasteiger partial charge in [-0.1, -0.05) is 6.08 Å². The van der Waals surface area contributed by atoms with Crippen LogP contribution in [-0.2, 0) is 0 Å². The minimum Gasteiger partial charge on any atom is -0.210 e. The van der Waals surface area contributed by atoms with Crippen molar-refractivity contribution in [2.45, 2.75) is 32.1 Å². The van der Waals surface area contributed by atoms with Gasteiger partial charge in [0.25, 0.3) is 0 Å². The predicted octanol–water partition coefficient (Wildman–Crippen LogP) is 3.24. The third-order valence-corrected chi connectivity index (χ3v) is 2.51. The average molecular weight is 160 g/mol. The largest absolute Gasteiger partial charge is 0.241 e. The second kappa shape index (κ2) is 3.84. The molecular formula is C9H14F2. The summed E-state index contributed by atoms with van der Waals surface area (Å²) in [5, 5.41) is 0. The SMILES string of the molecule is C=CC1CCC(C(F)F)CC1. The quantitative estimate of drug-likeness (QED) is 0.544. The van der Waals surface area contributed by atoms with Crippen LogP contribution in [0.2, 0.25) is 0 Å². The van der Waals surface area contributed by atoms with Gasteiger partial charge in [-0.2, -0.15) is 0 Å². The van der Waals surface area contributed by atoms with Crippen molar-refractivity contribution in [2.75, 3.05) is 0 Å². The summed E-state index contributed by atoms with van der Waals surface area (Å²) in [5.74, 6) is 0.149. The Morgan fingerprint density at radius 2 is 1.73 bits per heavy atom. The van der Waals surface area contributed by atoms with Gasteiger partial charge in [0.2, 0.25) is 6.43 Å². The van der Waals surface area contributed by atoms with Crippen molar-refractivity contribution in [1.82, 2.24) is 0 Å². The Kier molecular flexibility index (Phi) is 3.03. The second-order valence-corrected chi connectivity index (χ2v) is 3.25. The molecule has 1 rings (SSSR count). The molecule has 1 saturated carbocycles. The van der Waals surface area contributed by atoms with E-state index in [9.17, 15) is 8.78 Å². The predicted molar refractivity (Wildman–Crippen MR) is 41.6 cm³/mol. The van der Waals surface area contributed by atoms with Crippen LogP contribution >= 0.6 is 0 Å². The molecule has 0 aliphatic heterocycles. The molecule has 2 heteroatoms. The molecule has 1 aliphatic rings.